The van der Waals surface area contributed by atoms with Crippen molar-refractivity contribution in [2.24, 2.45) is 10.9 Å². The minimum atomic E-state index is -0.687. The van der Waals surface area contributed by atoms with Gasteiger partial charge in [-0.1, -0.05) is 37.5 Å². The number of rotatable bonds is 6. The second kappa shape index (κ2) is 9.59. The van der Waals surface area contributed by atoms with E-state index in [2.05, 4.69) is 20.7 Å². The van der Waals surface area contributed by atoms with Crippen molar-refractivity contribution >= 4 is 29.2 Å². The minimum absolute atomic E-state index is 0.0415. The van der Waals surface area contributed by atoms with Gasteiger partial charge in [0.1, 0.15) is 6.04 Å². The van der Waals surface area contributed by atoms with Crippen LogP contribution in [0, 0.1) is 5.92 Å². The van der Waals surface area contributed by atoms with Crippen LogP contribution < -0.4 is 20.5 Å². The summed E-state index contributed by atoms with van der Waals surface area (Å²) in [7, 11) is 0. The highest BCUT2D eigenvalue weighted by Crippen LogP contribution is 2.27. The largest absolute Gasteiger partial charge is 0.489 e. The van der Waals surface area contributed by atoms with Crippen LogP contribution in [0.1, 0.15) is 39.0 Å². The number of pyridine rings is 1. The molecule has 1 atom stereocenters. The molecule has 1 aromatic carbocycles. The zero-order valence-electron chi connectivity index (χ0n) is 17.6. The molecule has 162 valence electrons. The van der Waals surface area contributed by atoms with Gasteiger partial charge in [0, 0.05) is 6.20 Å². The predicted octanol–water partition coefficient (Wildman–Crippen LogP) is 3.32. The first-order valence-electron chi connectivity index (χ1n) is 10.7. The lowest BCUT2D eigenvalue weighted by Gasteiger charge is -2.30. The number of hydrogen-bond acceptors (Lipinski definition) is 6. The summed E-state index contributed by atoms with van der Waals surface area (Å²) in [6.45, 7) is 2.27. The molecule has 2 heterocycles. The Morgan fingerprint density at radius 3 is 2.71 bits per heavy atom. The number of carbonyl (C=O) groups is 2. The van der Waals surface area contributed by atoms with E-state index in [1.807, 2.05) is 18.2 Å². The molecule has 1 fully saturated rings. The summed E-state index contributed by atoms with van der Waals surface area (Å²) in [5, 5.41) is 4.11. The van der Waals surface area contributed by atoms with Crippen LogP contribution in [0.15, 0.2) is 53.7 Å². The van der Waals surface area contributed by atoms with Crippen LogP contribution in [-0.2, 0) is 9.59 Å². The van der Waals surface area contributed by atoms with Crippen LogP contribution >= 0.6 is 0 Å². The first-order valence-corrected chi connectivity index (χ1v) is 10.7. The Balaban J connectivity index is 1.45. The fraction of sp³-hybridized carbons (Fsp3) is 0.391. The van der Waals surface area contributed by atoms with E-state index < -0.39 is 11.9 Å². The highest BCUT2D eigenvalue weighted by Gasteiger charge is 2.31. The summed E-state index contributed by atoms with van der Waals surface area (Å²) in [6.07, 6.45) is 7.71. The lowest BCUT2D eigenvalue weighted by molar-refractivity contribution is -0.120. The van der Waals surface area contributed by atoms with Gasteiger partial charge < -0.3 is 10.1 Å². The van der Waals surface area contributed by atoms with Crippen molar-refractivity contribution in [1.82, 2.24) is 10.4 Å². The Labute approximate surface area is 181 Å². The molecule has 1 aliphatic carbocycles. The highest BCUT2D eigenvalue weighted by molar-refractivity contribution is 6.43. The predicted molar refractivity (Wildman–Crippen MR) is 119 cm³/mol. The van der Waals surface area contributed by atoms with E-state index in [-0.39, 0.29) is 11.7 Å². The van der Waals surface area contributed by atoms with Crippen molar-refractivity contribution in [3.8, 4) is 5.75 Å². The molecule has 31 heavy (non-hydrogen) atoms. The number of amides is 2. The maximum absolute atomic E-state index is 12.9. The van der Waals surface area contributed by atoms with Gasteiger partial charge >= 0.3 is 0 Å². The first-order chi connectivity index (χ1) is 15.1. The van der Waals surface area contributed by atoms with Crippen molar-refractivity contribution in [2.75, 3.05) is 16.9 Å². The topological polar surface area (TPSA) is 95.9 Å². The van der Waals surface area contributed by atoms with Crippen molar-refractivity contribution in [2.45, 2.75) is 45.1 Å². The monoisotopic (exact) mass is 421 g/mol. The van der Waals surface area contributed by atoms with Gasteiger partial charge in [0.25, 0.3) is 11.8 Å². The van der Waals surface area contributed by atoms with Gasteiger partial charge in [-0.2, -0.15) is 0 Å². The number of nitrogens with zero attached hydrogens (tertiary/aromatic N) is 3. The zero-order chi connectivity index (χ0) is 21.6. The van der Waals surface area contributed by atoms with Crippen molar-refractivity contribution in [3.63, 3.8) is 0 Å². The van der Waals surface area contributed by atoms with E-state index in [1.165, 1.54) is 37.1 Å². The van der Waals surface area contributed by atoms with Crippen LogP contribution in [-0.4, -0.2) is 35.3 Å². The number of ether oxygens (including phenoxy) is 1. The lowest BCUT2D eigenvalue weighted by atomic mass is 9.90. The van der Waals surface area contributed by atoms with Crippen molar-refractivity contribution in [3.05, 3.63) is 48.7 Å². The Morgan fingerprint density at radius 1 is 1.16 bits per heavy atom. The number of benzene rings is 1. The van der Waals surface area contributed by atoms with E-state index in [0.29, 0.717) is 29.8 Å². The molecular weight excluding hydrogens is 394 g/mol. The fourth-order valence-electron chi connectivity index (χ4n) is 3.83. The summed E-state index contributed by atoms with van der Waals surface area (Å²) < 4.78 is 5.99. The number of hydrogen-bond donors (Lipinski definition) is 2. The number of aliphatic imine (C=N–C) groups is 1. The highest BCUT2D eigenvalue weighted by atomic mass is 16.5. The van der Waals surface area contributed by atoms with E-state index in [4.69, 9.17) is 4.74 Å². The Morgan fingerprint density at radius 2 is 1.94 bits per heavy atom. The first kappa shape index (κ1) is 20.8. The molecule has 8 nitrogen and oxygen atoms in total. The molecule has 2 aromatic rings. The van der Waals surface area contributed by atoms with Gasteiger partial charge in [0.15, 0.2) is 11.6 Å². The van der Waals surface area contributed by atoms with Crippen LogP contribution in [0.5, 0.6) is 5.75 Å². The molecular formula is C23H27N5O3. The average molecular weight is 422 g/mol. The molecule has 2 aliphatic rings. The van der Waals surface area contributed by atoms with E-state index in [0.717, 1.165) is 0 Å². The molecule has 1 aliphatic heterocycles. The number of aromatic nitrogens is 1. The van der Waals surface area contributed by atoms with Crippen LogP contribution in [0.3, 0.4) is 0 Å². The molecule has 1 saturated carbocycles. The molecule has 0 saturated heterocycles. The summed E-state index contributed by atoms with van der Waals surface area (Å²) >= 11 is 0. The Bertz CT molecular complexity index is 957. The number of anilines is 2. The minimum Gasteiger partial charge on any atom is -0.489 e. The summed E-state index contributed by atoms with van der Waals surface area (Å²) in [5.41, 5.74) is 3.46. The third-order valence-corrected chi connectivity index (χ3v) is 5.55. The molecule has 4 rings (SSSR count). The fourth-order valence-corrected chi connectivity index (χ4v) is 3.83. The molecule has 1 unspecified atom stereocenters. The van der Waals surface area contributed by atoms with Crippen molar-refractivity contribution < 1.29 is 14.3 Å². The maximum atomic E-state index is 12.9. The van der Waals surface area contributed by atoms with Gasteiger partial charge in [-0.25, -0.2) is 15.0 Å². The third kappa shape index (κ3) is 5.02. The number of amidine groups is 1. The van der Waals surface area contributed by atoms with Crippen LogP contribution in [0.4, 0.5) is 11.5 Å². The third-order valence-electron chi connectivity index (χ3n) is 5.55. The number of nitrogens with one attached hydrogen (secondary N) is 2. The molecule has 2 N–H and O–H groups in total. The van der Waals surface area contributed by atoms with E-state index >= 15 is 0 Å². The van der Waals surface area contributed by atoms with Gasteiger partial charge in [-0.15, -0.1) is 0 Å². The lowest BCUT2D eigenvalue weighted by Crippen LogP contribution is -2.57. The molecule has 0 radical (unpaired) electrons. The van der Waals surface area contributed by atoms with Crippen LogP contribution in [0.2, 0.25) is 0 Å². The van der Waals surface area contributed by atoms with Gasteiger partial charge in [-0.05, 0) is 49.9 Å². The van der Waals surface area contributed by atoms with Crippen LogP contribution in [0.25, 0.3) is 0 Å². The quantitative estimate of drug-likeness (QED) is 0.746. The summed E-state index contributed by atoms with van der Waals surface area (Å²) in [4.78, 5) is 33.9. The second-order valence-corrected chi connectivity index (χ2v) is 7.89. The molecule has 2 amide bonds. The SMILES string of the molecule is CC1N=C(C(=O)Nc2ncccc2OCC2CCCCC2)NN(c2ccccc2)C1=O. The van der Waals surface area contributed by atoms with Gasteiger partial charge in [0.05, 0.1) is 12.3 Å². The van der Waals surface area contributed by atoms with Gasteiger partial charge in [0.2, 0.25) is 5.84 Å². The Hall–Kier alpha value is -3.42. The second-order valence-electron chi connectivity index (χ2n) is 7.89. The van der Waals surface area contributed by atoms with Crippen molar-refractivity contribution in [1.29, 1.82) is 0 Å². The summed E-state index contributed by atoms with van der Waals surface area (Å²) in [5.74, 6) is 0.720. The van der Waals surface area contributed by atoms with E-state index in [9.17, 15) is 9.59 Å². The normalized spacial score (nSPS) is 19.4. The number of hydrazine groups is 1. The molecule has 0 bridgehead atoms. The summed E-state index contributed by atoms with van der Waals surface area (Å²) in [6, 6.07) is 12.0. The number of para-hydroxylation sites is 1. The standard InChI is InChI=1S/C23H27N5O3/c1-16-23(30)28(18-11-6-3-7-12-18)27-21(25-16)22(29)26-20-19(13-8-14-24-20)31-15-17-9-4-2-5-10-17/h3,6-8,11-14,16-17H,2,4-5,9-10,15H2,1H3,(H,25,27)(H,24,26,29). The molecule has 0 spiro atoms. The number of carbonyl (C=O) groups excluding carboxylic acids is 2. The zero-order valence-corrected chi connectivity index (χ0v) is 17.6. The van der Waals surface area contributed by atoms with E-state index in [1.54, 1.807) is 37.4 Å². The Kier molecular flexibility index (Phi) is 6.45. The maximum Gasteiger partial charge on any atom is 0.293 e. The smallest absolute Gasteiger partial charge is 0.293 e. The van der Waals surface area contributed by atoms with Gasteiger partial charge in [-0.3, -0.25) is 15.0 Å². The molecule has 8 heteroatoms. The molecule has 1 aromatic heterocycles. The average Bonchev–Trinajstić information content (AvgIpc) is 2.81.